The molecule has 3 N–H and O–H groups in total. The van der Waals surface area contributed by atoms with E-state index in [0.717, 1.165) is 6.54 Å². The zero-order valence-electron chi connectivity index (χ0n) is 13.9. The summed E-state index contributed by atoms with van der Waals surface area (Å²) < 4.78 is 19.1. The number of halogens is 2. The number of nitrogens with one attached hydrogen (secondary N) is 2. The highest BCUT2D eigenvalue weighted by Crippen LogP contribution is 2.16. The van der Waals surface area contributed by atoms with Gasteiger partial charge >= 0.3 is 0 Å². The van der Waals surface area contributed by atoms with Gasteiger partial charge in [0, 0.05) is 19.7 Å². The summed E-state index contributed by atoms with van der Waals surface area (Å²) in [6, 6.07) is 6.34. The number of rotatable bonds is 8. The van der Waals surface area contributed by atoms with Crippen molar-refractivity contribution < 1.29 is 14.2 Å². The van der Waals surface area contributed by atoms with Crippen LogP contribution >= 0.6 is 24.0 Å². The van der Waals surface area contributed by atoms with E-state index in [1.807, 2.05) is 20.8 Å². The molecular weight excluding hydrogens is 412 g/mol. The van der Waals surface area contributed by atoms with Crippen LogP contribution < -0.4 is 15.4 Å². The summed E-state index contributed by atoms with van der Waals surface area (Å²) in [6.07, 6.45) is -0.212. The van der Waals surface area contributed by atoms with Crippen molar-refractivity contribution >= 4 is 29.9 Å². The first-order chi connectivity index (χ1) is 10.6. The van der Waals surface area contributed by atoms with Crippen LogP contribution in [0.1, 0.15) is 20.8 Å². The Labute approximate surface area is 154 Å². The fourth-order valence-corrected chi connectivity index (χ4v) is 1.69. The molecule has 7 heteroatoms. The van der Waals surface area contributed by atoms with Gasteiger partial charge in [-0.15, -0.1) is 24.0 Å². The number of hydrogen-bond acceptors (Lipinski definition) is 3. The highest BCUT2D eigenvalue weighted by Gasteiger charge is 2.09. The molecule has 0 aromatic heterocycles. The smallest absolute Gasteiger partial charge is 0.191 e. The maximum absolute atomic E-state index is 13.5. The number of aliphatic hydroxyl groups is 1. The minimum Gasteiger partial charge on any atom is -0.486 e. The number of aliphatic hydroxyl groups excluding tert-OH is 1. The van der Waals surface area contributed by atoms with E-state index in [9.17, 15) is 4.39 Å². The van der Waals surface area contributed by atoms with Crippen molar-refractivity contribution in [2.24, 2.45) is 10.9 Å². The van der Waals surface area contributed by atoms with Crippen molar-refractivity contribution in [1.82, 2.24) is 10.6 Å². The van der Waals surface area contributed by atoms with E-state index >= 15 is 0 Å². The Morgan fingerprint density at radius 1 is 1.30 bits per heavy atom. The predicted molar refractivity (Wildman–Crippen MR) is 102 cm³/mol. The van der Waals surface area contributed by atoms with Crippen LogP contribution in [0.5, 0.6) is 5.75 Å². The summed E-state index contributed by atoms with van der Waals surface area (Å²) in [5.41, 5.74) is 0. The molecule has 0 spiro atoms. The van der Waals surface area contributed by atoms with Crippen molar-refractivity contribution in [2.45, 2.75) is 26.9 Å². The Morgan fingerprint density at radius 2 is 2.00 bits per heavy atom. The summed E-state index contributed by atoms with van der Waals surface area (Å²) >= 11 is 0. The minimum absolute atomic E-state index is 0. The van der Waals surface area contributed by atoms with Crippen molar-refractivity contribution in [2.75, 3.05) is 26.2 Å². The van der Waals surface area contributed by atoms with Crippen LogP contribution in [0.25, 0.3) is 0 Å². The van der Waals surface area contributed by atoms with Crippen LogP contribution in [0.2, 0.25) is 0 Å². The summed E-state index contributed by atoms with van der Waals surface area (Å²) in [5.74, 6) is 0.647. The SMILES string of the molecule is CCNC(=NCC(C)CO)NCC(C)Oc1ccccc1F.I. The Morgan fingerprint density at radius 3 is 2.61 bits per heavy atom. The summed E-state index contributed by atoms with van der Waals surface area (Å²) in [7, 11) is 0. The quantitative estimate of drug-likeness (QED) is 0.331. The Kier molecular flexibility index (Phi) is 11.8. The van der Waals surface area contributed by atoms with Gasteiger partial charge in [0.15, 0.2) is 17.5 Å². The van der Waals surface area contributed by atoms with Crippen LogP contribution in [-0.4, -0.2) is 43.4 Å². The topological polar surface area (TPSA) is 65.9 Å². The highest BCUT2D eigenvalue weighted by molar-refractivity contribution is 14.0. The first kappa shape index (κ1) is 21.9. The molecule has 1 aromatic rings. The van der Waals surface area contributed by atoms with Gasteiger partial charge in [0.1, 0.15) is 6.10 Å². The van der Waals surface area contributed by atoms with Crippen molar-refractivity contribution in [3.63, 3.8) is 0 Å². The fraction of sp³-hybridized carbons (Fsp3) is 0.562. The van der Waals surface area contributed by atoms with Gasteiger partial charge < -0.3 is 20.5 Å². The molecule has 0 aliphatic carbocycles. The molecule has 2 atom stereocenters. The third kappa shape index (κ3) is 8.95. The zero-order valence-corrected chi connectivity index (χ0v) is 16.2. The Bertz CT molecular complexity index is 474. The molecular formula is C16H27FIN3O2. The molecule has 1 aromatic carbocycles. The van der Waals surface area contributed by atoms with Gasteiger partial charge in [-0.2, -0.15) is 0 Å². The second kappa shape index (κ2) is 12.3. The van der Waals surface area contributed by atoms with Gasteiger partial charge in [-0.25, -0.2) is 4.39 Å². The predicted octanol–water partition coefficient (Wildman–Crippen LogP) is 2.39. The van der Waals surface area contributed by atoms with Crippen LogP contribution in [0.15, 0.2) is 29.3 Å². The number of ether oxygens (including phenoxy) is 1. The molecule has 0 bridgehead atoms. The van der Waals surface area contributed by atoms with Gasteiger partial charge in [-0.05, 0) is 31.9 Å². The molecule has 0 aliphatic heterocycles. The molecule has 0 aliphatic rings. The average Bonchev–Trinajstić information content (AvgIpc) is 2.52. The summed E-state index contributed by atoms with van der Waals surface area (Å²) in [6.45, 7) is 7.64. The van der Waals surface area contributed by atoms with Crippen LogP contribution in [0, 0.1) is 11.7 Å². The summed E-state index contributed by atoms with van der Waals surface area (Å²) in [4.78, 5) is 4.39. The molecule has 23 heavy (non-hydrogen) atoms. The molecule has 0 amide bonds. The minimum atomic E-state index is -0.369. The molecule has 5 nitrogen and oxygen atoms in total. The number of benzene rings is 1. The standard InChI is InChI=1S/C16H26FN3O2.HI/c1-4-18-16(19-9-12(2)11-21)20-10-13(3)22-15-8-6-5-7-14(15)17;/h5-8,12-13,21H,4,9-11H2,1-3H3,(H2,18,19,20);1H. The number of guanidine groups is 1. The van der Waals surface area contributed by atoms with Crippen molar-refractivity contribution in [3.05, 3.63) is 30.1 Å². The monoisotopic (exact) mass is 439 g/mol. The molecule has 1 rings (SSSR count). The number of hydrogen-bond donors (Lipinski definition) is 3. The van der Waals surface area contributed by atoms with E-state index in [1.54, 1.807) is 18.2 Å². The van der Waals surface area contributed by atoms with Gasteiger partial charge in [0.25, 0.3) is 0 Å². The Hall–Kier alpha value is -1.09. The lowest BCUT2D eigenvalue weighted by molar-refractivity contribution is 0.214. The second-order valence-electron chi connectivity index (χ2n) is 5.25. The third-order valence-corrected chi connectivity index (χ3v) is 2.94. The van der Waals surface area contributed by atoms with Crippen LogP contribution in [0.3, 0.4) is 0 Å². The fourth-order valence-electron chi connectivity index (χ4n) is 1.69. The van der Waals surface area contributed by atoms with E-state index in [2.05, 4.69) is 15.6 Å². The van der Waals surface area contributed by atoms with Crippen LogP contribution in [0.4, 0.5) is 4.39 Å². The Balaban J connectivity index is 0.00000484. The molecule has 0 saturated carbocycles. The first-order valence-corrected chi connectivity index (χ1v) is 7.61. The number of para-hydroxylation sites is 1. The molecule has 2 unspecified atom stereocenters. The average molecular weight is 439 g/mol. The maximum Gasteiger partial charge on any atom is 0.191 e. The van der Waals surface area contributed by atoms with Gasteiger partial charge in [-0.1, -0.05) is 19.1 Å². The normalized spacial score (nSPS) is 13.7. The van der Waals surface area contributed by atoms with Crippen molar-refractivity contribution in [1.29, 1.82) is 0 Å². The van der Waals surface area contributed by atoms with E-state index in [4.69, 9.17) is 9.84 Å². The van der Waals surface area contributed by atoms with Crippen molar-refractivity contribution in [3.8, 4) is 5.75 Å². The highest BCUT2D eigenvalue weighted by atomic mass is 127. The molecule has 132 valence electrons. The van der Waals surface area contributed by atoms with E-state index in [-0.39, 0.29) is 54.2 Å². The molecule has 0 saturated heterocycles. The molecule has 0 heterocycles. The van der Waals surface area contributed by atoms with Gasteiger partial charge in [0.05, 0.1) is 6.54 Å². The van der Waals surface area contributed by atoms with Gasteiger partial charge in [0.2, 0.25) is 0 Å². The lowest BCUT2D eigenvalue weighted by Crippen LogP contribution is -2.42. The molecule has 0 radical (unpaired) electrons. The van der Waals surface area contributed by atoms with E-state index < -0.39 is 0 Å². The second-order valence-corrected chi connectivity index (χ2v) is 5.25. The zero-order chi connectivity index (χ0) is 16.4. The van der Waals surface area contributed by atoms with Gasteiger partial charge in [-0.3, -0.25) is 4.99 Å². The lowest BCUT2D eigenvalue weighted by atomic mass is 10.2. The number of aliphatic imine (C=N–C) groups is 1. The van der Waals surface area contributed by atoms with Crippen LogP contribution in [-0.2, 0) is 0 Å². The largest absolute Gasteiger partial charge is 0.486 e. The lowest BCUT2D eigenvalue weighted by Gasteiger charge is -2.18. The summed E-state index contributed by atoms with van der Waals surface area (Å²) in [5, 5.41) is 15.3. The first-order valence-electron chi connectivity index (χ1n) is 7.61. The van der Waals surface area contributed by atoms with E-state index in [1.165, 1.54) is 6.07 Å². The third-order valence-electron chi connectivity index (χ3n) is 2.94. The molecule has 0 fully saturated rings. The number of nitrogens with zero attached hydrogens (tertiary/aromatic N) is 1. The maximum atomic E-state index is 13.5. The van der Waals surface area contributed by atoms with E-state index in [0.29, 0.717) is 19.0 Å².